The predicted octanol–water partition coefficient (Wildman–Crippen LogP) is 1.43. The lowest BCUT2D eigenvalue weighted by Crippen LogP contribution is -2.26. The van der Waals surface area contributed by atoms with E-state index in [1.54, 1.807) is 16.7 Å². The van der Waals surface area contributed by atoms with E-state index in [9.17, 15) is 9.18 Å². The number of benzene rings is 1. The molecule has 0 radical (unpaired) electrons. The summed E-state index contributed by atoms with van der Waals surface area (Å²) >= 11 is 0. The summed E-state index contributed by atoms with van der Waals surface area (Å²) in [6, 6.07) is 5.06. The monoisotopic (exact) mass is 262 g/mol. The van der Waals surface area contributed by atoms with Crippen molar-refractivity contribution in [3.05, 3.63) is 24.0 Å². The molecular weight excluding hydrogens is 247 g/mol. The Labute approximate surface area is 109 Å². The van der Waals surface area contributed by atoms with Gasteiger partial charge in [-0.25, -0.2) is 9.37 Å². The fraction of sp³-hybridized carbons (Fsp3) is 0.385. The third kappa shape index (κ3) is 2.38. The lowest BCUT2D eigenvalue weighted by atomic mass is 10.3. The van der Waals surface area contributed by atoms with Crippen LogP contribution in [0.5, 0.6) is 0 Å². The van der Waals surface area contributed by atoms with Crippen LogP contribution in [0.4, 0.5) is 10.3 Å². The molecule has 1 aromatic carbocycles. The largest absolute Gasteiger partial charge is 0.369 e. The van der Waals surface area contributed by atoms with Crippen LogP contribution in [0.15, 0.2) is 18.2 Å². The number of nitrogens with one attached hydrogen (secondary N) is 1. The molecule has 1 aromatic heterocycles. The van der Waals surface area contributed by atoms with Crippen LogP contribution in [0.3, 0.4) is 0 Å². The van der Waals surface area contributed by atoms with Gasteiger partial charge in [0.2, 0.25) is 11.9 Å². The number of nitrogens with zero attached hydrogens (tertiary/aromatic N) is 2. The number of anilines is 1. The normalized spacial score (nSPS) is 14.8. The molecule has 5 nitrogen and oxygen atoms in total. The van der Waals surface area contributed by atoms with Crippen LogP contribution in [0.25, 0.3) is 11.0 Å². The Morgan fingerprint density at radius 2 is 2.32 bits per heavy atom. The van der Waals surface area contributed by atoms with Crippen LogP contribution in [-0.2, 0) is 11.3 Å². The van der Waals surface area contributed by atoms with Crippen LogP contribution in [0.1, 0.15) is 19.3 Å². The van der Waals surface area contributed by atoms with Gasteiger partial charge in [0.1, 0.15) is 5.52 Å². The Kier molecular flexibility index (Phi) is 2.85. The number of carbonyl (C=O) groups excluding carboxylic acids is 1. The van der Waals surface area contributed by atoms with Crippen LogP contribution in [0.2, 0.25) is 0 Å². The highest BCUT2D eigenvalue weighted by molar-refractivity contribution is 5.80. The Bertz CT molecular complexity index is 633. The quantitative estimate of drug-likeness (QED) is 0.875. The molecule has 1 saturated carbocycles. The average Bonchev–Trinajstić information content (AvgIpc) is 3.11. The summed E-state index contributed by atoms with van der Waals surface area (Å²) < 4.78 is 15.2. The van der Waals surface area contributed by atoms with Crippen molar-refractivity contribution in [1.29, 1.82) is 0 Å². The van der Waals surface area contributed by atoms with Crippen molar-refractivity contribution >= 4 is 22.9 Å². The van der Waals surface area contributed by atoms with Crippen molar-refractivity contribution in [3.63, 3.8) is 0 Å². The fourth-order valence-electron chi connectivity index (χ4n) is 2.11. The topological polar surface area (TPSA) is 72.9 Å². The molecule has 1 aliphatic rings. The van der Waals surface area contributed by atoms with E-state index in [1.165, 1.54) is 6.07 Å². The highest BCUT2D eigenvalue weighted by atomic mass is 19.1. The zero-order chi connectivity index (χ0) is 13.4. The molecule has 3 rings (SSSR count). The van der Waals surface area contributed by atoms with Crippen molar-refractivity contribution in [2.75, 3.05) is 5.73 Å². The van der Waals surface area contributed by atoms with Gasteiger partial charge in [0, 0.05) is 19.0 Å². The zero-order valence-electron chi connectivity index (χ0n) is 10.4. The minimum atomic E-state index is -0.398. The van der Waals surface area contributed by atoms with Gasteiger partial charge >= 0.3 is 0 Å². The molecular formula is C13H15FN4O. The number of carbonyl (C=O) groups is 1. The summed E-state index contributed by atoms with van der Waals surface area (Å²) in [5, 5.41) is 2.91. The number of halogens is 1. The summed E-state index contributed by atoms with van der Waals surface area (Å²) in [6.07, 6.45) is 2.45. The summed E-state index contributed by atoms with van der Waals surface area (Å²) in [6.45, 7) is 0.407. The summed E-state index contributed by atoms with van der Waals surface area (Å²) in [4.78, 5) is 15.6. The minimum absolute atomic E-state index is 0.000142. The molecule has 2 aromatic rings. The molecule has 0 bridgehead atoms. The van der Waals surface area contributed by atoms with Crippen molar-refractivity contribution in [3.8, 4) is 0 Å². The molecule has 0 aliphatic heterocycles. The van der Waals surface area contributed by atoms with E-state index in [1.807, 2.05) is 0 Å². The second-order valence-electron chi connectivity index (χ2n) is 4.82. The maximum atomic E-state index is 13.5. The number of hydrogen-bond acceptors (Lipinski definition) is 3. The molecule has 0 atom stereocenters. The van der Waals surface area contributed by atoms with E-state index in [0.29, 0.717) is 24.5 Å². The number of fused-ring (bicyclic) bond motifs is 1. The molecule has 1 heterocycles. The number of nitrogen functional groups attached to an aromatic ring is 1. The lowest BCUT2D eigenvalue weighted by Gasteiger charge is -2.07. The Morgan fingerprint density at radius 1 is 1.53 bits per heavy atom. The molecule has 3 N–H and O–H groups in total. The first kappa shape index (κ1) is 12.0. The number of imidazole rings is 1. The highest BCUT2D eigenvalue weighted by Crippen LogP contribution is 2.21. The molecule has 1 amide bonds. The number of hydrogen-bond donors (Lipinski definition) is 2. The number of aromatic nitrogens is 2. The van der Waals surface area contributed by atoms with Gasteiger partial charge in [-0.1, -0.05) is 6.07 Å². The first-order chi connectivity index (χ1) is 9.15. The second kappa shape index (κ2) is 4.53. The molecule has 0 saturated heterocycles. The first-order valence-corrected chi connectivity index (χ1v) is 6.35. The standard InChI is InChI=1S/C13H15FN4O/c14-9-2-1-3-10-12(9)17-13(15)18(10)7-6-11(19)16-8-4-5-8/h1-3,8H,4-7H2,(H2,15,17)(H,16,19). The third-order valence-electron chi connectivity index (χ3n) is 3.26. The van der Waals surface area contributed by atoms with E-state index in [-0.39, 0.29) is 17.4 Å². The highest BCUT2D eigenvalue weighted by Gasteiger charge is 2.23. The van der Waals surface area contributed by atoms with E-state index >= 15 is 0 Å². The Hall–Kier alpha value is -2.11. The Morgan fingerprint density at radius 3 is 3.05 bits per heavy atom. The van der Waals surface area contributed by atoms with Crippen molar-refractivity contribution in [1.82, 2.24) is 14.9 Å². The maximum Gasteiger partial charge on any atom is 0.222 e. The van der Waals surface area contributed by atoms with E-state index in [4.69, 9.17) is 5.73 Å². The van der Waals surface area contributed by atoms with Crippen molar-refractivity contribution in [2.45, 2.75) is 31.8 Å². The van der Waals surface area contributed by atoms with Gasteiger partial charge in [0.25, 0.3) is 0 Å². The molecule has 1 aliphatic carbocycles. The van der Waals surface area contributed by atoms with Crippen molar-refractivity contribution in [2.24, 2.45) is 0 Å². The van der Waals surface area contributed by atoms with Crippen LogP contribution in [0, 0.1) is 5.82 Å². The van der Waals surface area contributed by atoms with Gasteiger partial charge in [-0.3, -0.25) is 4.79 Å². The SMILES string of the molecule is Nc1nc2c(F)cccc2n1CCC(=O)NC1CC1. The van der Waals surface area contributed by atoms with Crippen LogP contribution < -0.4 is 11.1 Å². The predicted molar refractivity (Wildman–Crippen MR) is 69.9 cm³/mol. The molecule has 19 heavy (non-hydrogen) atoms. The summed E-state index contributed by atoms with van der Waals surface area (Å²) in [5.41, 5.74) is 6.65. The zero-order valence-corrected chi connectivity index (χ0v) is 10.4. The number of rotatable bonds is 4. The van der Waals surface area contributed by atoms with E-state index < -0.39 is 5.82 Å². The first-order valence-electron chi connectivity index (χ1n) is 6.35. The van der Waals surface area contributed by atoms with Crippen LogP contribution >= 0.6 is 0 Å². The number of aryl methyl sites for hydroxylation is 1. The number of nitrogens with two attached hydrogens (primary N) is 1. The summed E-state index contributed by atoms with van der Waals surface area (Å²) in [7, 11) is 0. The van der Waals surface area contributed by atoms with Gasteiger partial charge in [-0.2, -0.15) is 0 Å². The fourth-order valence-corrected chi connectivity index (χ4v) is 2.11. The van der Waals surface area contributed by atoms with Crippen LogP contribution in [-0.4, -0.2) is 21.5 Å². The van der Waals surface area contributed by atoms with Gasteiger partial charge in [0.05, 0.1) is 5.52 Å². The summed E-state index contributed by atoms with van der Waals surface area (Å²) in [5.74, 6) is -0.162. The van der Waals surface area contributed by atoms with E-state index in [0.717, 1.165) is 12.8 Å². The lowest BCUT2D eigenvalue weighted by molar-refractivity contribution is -0.121. The molecule has 100 valence electrons. The molecule has 0 spiro atoms. The third-order valence-corrected chi connectivity index (χ3v) is 3.26. The average molecular weight is 262 g/mol. The van der Waals surface area contributed by atoms with Gasteiger partial charge < -0.3 is 15.6 Å². The second-order valence-corrected chi connectivity index (χ2v) is 4.82. The smallest absolute Gasteiger partial charge is 0.222 e. The number of amides is 1. The molecule has 1 fully saturated rings. The Balaban J connectivity index is 1.78. The van der Waals surface area contributed by atoms with Gasteiger partial charge in [-0.05, 0) is 25.0 Å². The van der Waals surface area contributed by atoms with Gasteiger partial charge in [-0.15, -0.1) is 0 Å². The number of para-hydroxylation sites is 1. The molecule has 6 heteroatoms. The van der Waals surface area contributed by atoms with E-state index in [2.05, 4.69) is 10.3 Å². The minimum Gasteiger partial charge on any atom is -0.369 e. The maximum absolute atomic E-state index is 13.5. The molecule has 0 unspecified atom stereocenters. The van der Waals surface area contributed by atoms with Gasteiger partial charge in [0.15, 0.2) is 5.82 Å². The van der Waals surface area contributed by atoms with Crippen molar-refractivity contribution < 1.29 is 9.18 Å².